The SMILES string of the molecule is CC(C)N1CCC(CNC(=O)Cc2ccc(N)cc2)C1. The van der Waals surface area contributed by atoms with Gasteiger partial charge in [-0.25, -0.2) is 0 Å². The molecule has 1 aliphatic rings. The Morgan fingerprint density at radius 3 is 2.70 bits per heavy atom. The lowest BCUT2D eigenvalue weighted by Crippen LogP contribution is -2.33. The number of likely N-dealkylation sites (tertiary alicyclic amines) is 1. The van der Waals surface area contributed by atoms with Crippen LogP contribution in [-0.2, 0) is 11.2 Å². The van der Waals surface area contributed by atoms with Gasteiger partial charge in [-0.1, -0.05) is 12.1 Å². The zero-order chi connectivity index (χ0) is 14.5. The van der Waals surface area contributed by atoms with Gasteiger partial charge < -0.3 is 16.0 Å². The van der Waals surface area contributed by atoms with Gasteiger partial charge in [-0.2, -0.15) is 0 Å². The molecular formula is C16H25N3O. The molecule has 1 heterocycles. The van der Waals surface area contributed by atoms with E-state index in [4.69, 9.17) is 5.73 Å². The number of nitrogens with two attached hydrogens (primary N) is 1. The Morgan fingerprint density at radius 2 is 2.10 bits per heavy atom. The number of rotatable bonds is 5. The summed E-state index contributed by atoms with van der Waals surface area (Å²) in [6.07, 6.45) is 1.61. The molecular weight excluding hydrogens is 250 g/mol. The number of anilines is 1. The molecule has 20 heavy (non-hydrogen) atoms. The molecule has 1 atom stereocenters. The maximum Gasteiger partial charge on any atom is 0.224 e. The van der Waals surface area contributed by atoms with Gasteiger partial charge in [0, 0.05) is 24.8 Å². The lowest BCUT2D eigenvalue weighted by molar-refractivity contribution is -0.120. The van der Waals surface area contributed by atoms with Crippen LogP contribution in [0.15, 0.2) is 24.3 Å². The molecule has 0 bridgehead atoms. The van der Waals surface area contributed by atoms with Crippen molar-refractivity contribution in [2.24, 2.45) is 5.92 Å². The van der Waals surface area contributed by atoms with Crippen LogP contribution in [0, 0.1) is 5.92 Å². The number of hydrogen-bond donors (Lipinski definition) is 2. The highest BCUT2D eigenvalue weighted by Gasteiger charge is 2.24. The minimum atomic E-state index is 0.0952. The van der Waals surface area contributed by atoms with Gasteiger partial charge in [0.15, 0.2) is 0 Å². The van der Waals surface area contributed by atoms with Gasteiger partial charge in [0.2, 0.25) is 5.91 Å². The quantitative estimate of drug-likeness (QED) is 0.804. The first-order chi connectivity index (χ1) is 9.54. The molecule has 1 saturated heterocycles. The predicted octanol–water partition coefficient (Wildman–Crippen LogP) is 1.66. The third-order valence-electron chi connectivity index (χ3n) is 3.98. The van der Waals surface area contributed by atoms with E-state index >= 15 is 0 Å². The summed E-state index contributed by atoms with van der Waals surface area (Å²) in [4.78, 5) is 14.4. The van der Waals surface area contributed by atoms with Gasteiger partial charge in [0.1, 0.15) is 0 Å². The second kappa shape index (κ2) is 6.75. The Morgan fingerprint density at radius 1 is 1.40 bits per heavy atom. The first-order valence-corrected chi connectivity index (χ1v) is 7.39. The molecule has 1 unspecified atom stereocenters. The second-order valence-corrected chi connectivity index (χ2v) is 5.97. The summed E-state index contributed by atoms with van der Waals surface area (Å²) in [6, 6.07) is 8.08. The standard InChI is InChI=1S/C16H25N3O/c1-12(2)19-8-7-14(11-19)10-18-16(20)9-13-3-5-15(17)6-4-13/h3-6,12,14H,7-11,17H2,1-2H3,(H,18,20). The molecule has 110 valence electrons. The van der Waals surface area contributed by atoms with E-state index in [1.807, 2.05) is 24.3 Å². The Balaban J connectivity index is 1.72. The van der Waals surface area contributed by atoms with Crippen LogP contribution in [0.1, 0.15) is 25.8 Å². The summed E-state index contributed by atoms with van der Waals surface area (Å²) in [6.45, 7) is 7.48. The fourth-order valence-corrected chi connectivity index (χ4v) is 2.64. The number of nitrogen functional groups attached to an aromatic ring is 1. The minimum absolute atomic E-state index is 0.0952. The van der Waals surface area contributed by atoms with Crippen LogP contribution < -0.4 is 11.1 Å². The number of carbonyl (C=O) groups excluding carboxylic acids is 1. The zero-order valence-electron chi connectivity index (χ0n) is 12.4. The Labute approximate surface area is 121 Å². The molecule has 0 aliphatic carbocycles. The molecule has 1 aromatic carbocycles. The number of amides is 1. The number of carbonyl (C=O) groups is 1. The highest BCUT2D eigenvalue weighted by Crippen LogP contribution is 2.17. The molecule has 0 aromatic heterocycles. The average Bonchev–Trinajstić information content (AvgIpc) is 2.88. The maximum atomic E-state index is 11.9. The number of hydrogen-bond acceptors (Lipinski definition) is 3. The number of nitrogens with zero attached hydrogens (tertiary/aromatic N) is 1. The van der Waals surface area contributed by atoms with E-state index in [9.17, 15) is 4.79 Å². The molecule has 1 fully saturated rings. The smallest absolute Gasteiger partial charge is 0.224 e. The second-order valence-electron chi connectivity index (χ2n) is 5.97. The van der Waals surface area contributed by atoms with E-state index in [2.05, 4.69) is 24.1 Å². The monoisotopic (exact) mass is 275 g/mol. The molecule has 4 heteroatoms. The molecule has 0 saturated carbocycles. The fourth-order valence-electron chi connectivity index (χ4n) is 2.64. The van der Waals surface area contributed by atoms with Crippen LogP contribution in [-0.4, -0.2) is 36.5 Å². The van der Waals surface area contributed by atoms with Gasteiger partial charge >= 0.3 is 0 Å². The summed E-state index contributed by atoms with van der Waals surface area (Å²) in [5.74, 6) is 0.686. The van der Waals surface area contributed by atoms with E-state index in [1.54, 1.807) is 0 Å². The molecule has 4 nitrogen and oxygen atoms in total. The predicted molar refractivity (Wildman–Crippen MR) is 82.4 cm³/mol. The molecule has 1 amide bonds. The van der Waals surface area contributed by atoms with Crippen LogP contribution >= 0.6 is 0 Å². The first kappa shape index (κ1) is 14.9. The van der Waals surface area contributed by atoms with Crippen molar-refractivity contribution in [3.05, 3.63) is 29.8 Å². The summed E-state index contributed by atoms with van der Waals surface area (Å²) in [7, 11) is 0. The van der Waals surface area contributed by atoms with Crippen LogP contribution in [0.2, 0.25) is 0 Å². The molecule has 3 N–H and O–H groups in total. The van der Waals surface area contributed by atoms with E-state index in [0.29, 0.717) is 18.4 Å². The molecule has 1 aliphatic heterocycles. The first-order valence-electron chi connectivity index (χ1n) is 7.39. The number of benzene rings is 1. The molecule has 2 rings (SSSR count). The van der Waals surface area contributed by atoms with Gasteiger partial charge in [-0.15, -0.1) is 0 Å². The summed E-state index contributed by atoms with van der Waals surface area (Å²) >= 11 is 0. The summed E-state index contributed by atoms with van der Waals surface area (Å²) in [5, 5.41) is 3.05. The minimum Gasteiger partial charge on any atom is -0.399 e. The van der Waals surface area contributed by atoms with Gasteiger partial charge in [0.25, 0.3) is 0 Å². The van der Waals surface area contributed by atoms with Crippen molar-refractivity contribution in [3.8, 4) is 0 Å². The van der Waals surface area contributed by atoms with Crippen molar-refractivity contribution >= 4 is 11.6 Å². The van der Waals surface area contributed by atoms with Crippen molar-refractivity contribution in [1.82, 2.24) is 10.2 Å². The van der Waals surface area contributed by atoms with Crippen molar-refractivity contribution in [3.63, 3.8) is 0 Å². The lowest BCUT2D eigenvalue weighted by atomic mass is 10.1. The fraction of sp³-hybridized carbons (Fsp3) is 0.562. The van der Waals surface area contributed by atoms with Gasteiger partial charge in [0.05, 0.1) is 6.42 Å². The van der Waals surface area contributed by atoms with Crippen molar-refractivity contribution in [2.45, 2.75) is 32.7 Å². The number of nitrogens with one attached hydrogen (secondary N) is 1. The average molecular weight is 275 g/mol. The van der Waals surface area contributed by atoms with Crippen molar-refractivity contribution in [2.75, 3.05) is 25.4 Å². The molecule has 0 spiro atoms. The highest BCUT2D eigenvalue weighted by molar-refractivity contribution is 5.78. The van der Waals surface area contributed by atoms with Crippen LogP contribution in [0.5, 0.6) is 0 Å². The highest BCUT2D eigenvalue weighted by atomic mass is 16.1. The Kier molecular flexibility index (Phi) is 5.01. The Bertz CT molecular complexity index is 442. The van der Waals surface area contributed by atoms with E-state index in [0.717, 1.165) is 30.9 Å². The van der Waals surface area contributed by atoms with E-state index in [1.165, 1.54) is 6.42 Å². The van der Waals surface area contributed by atoms with Crippen LogP contribution in [0.4, 0.5) is 5.69 Å². The van der Waals surface area contributed by atoms with Gasteiger partial charge in [-0.05, 0) is 50.4 Å². The van der Waals surface area contributed by atoms with Crippen molar-refractivity contribution < 1.29 is 4.79 Å². The summed E-state index contributed by atoms with van der Waals surface area (Å²) < 4.78 is 0. The lowest BCUT2D eigenvalue weighted by Gasteiger charge is -2.20. The van der Waals surface area contributed by atoms with Crippen LogP contribution in [0.25, 0.3) is 0 Å². The third-order valence-corrected chi connectivity index (χ3v) is 3.98. The largest absolute Gasteiger partial charge is 0.399 e. The van der Waals surface area contributed by atoms with E-state index < -0.39 is 0 Å². The van der Waals surface area contributed by atoms with Crippen molar-refractivity contribution in [1.29, 1.82) is 0 Å². The summed E-state index contributed by atoms with van der Waals surface area (Å²) in [5.41, 5.74) is 7.37. The molecule has 1 aromatic rings. The van der Waals surface area contributed by atoms with Gasteiger partial charge in [-0.3, -0.25) is 4.79 Å². The third kappa shape index (κ3) is 4.23. The van der Waals surface area contributed by atoms with Crippen LogP contribution in [0.3, 0.4) is 0 Å². The topological polar surface area (TPSA) is 58.4 Å². The van der Waals surface area contributed by atoms with E-state index in [-0.39, 0.29) is 5.91 Å². The Hall–Kier alpha value is -1.55. The normalized spacial score (nSPS) is 19.4. The molecule has 0 radical (unpaired) electrons. The zero-order valence-corrected chi connectivity index (χ0v) is 12.4. The maximum absolute atomic E-state index is 11.9.